The molecule has 5 rings (SSSR count). The maximum Gasteiger partial charge on any atom is 0.281 e. The van der Waals surface area contributed by atoms with Crippen LogP contribution in [-0.4, -0.2) is 36.1 Å². The maximum absolute atomic E-state index is 13.8. The van der Waals surface area contributed by atoms with Crippen LogP contribution in [0.1, 0.15) is 16.7 Å². The number of rotatable bonds is 4. The number of nitrogens with zero attached hydrogens (tertiary/aromatic N) is 6. The monoisotopic (exact) mass is 414 g/mol. The minimum atomic E-state index is -2.34. The molecule has 0 aliphatic heterocycles. The molecule has 0 aliphatic carbocycles. The molecular formula is C23H21N7O. The highest BCUT2D eigenvalue weighted by atomic mass is 16.1. The van der Waals surface area contributed by atoms with Gasteiger partial charge in [0.15, 0.2) is 0 Å². The quantitative estimate of drug-likeness (QED) is 0.484. The lowest BCUT2D eigenvalue weighted by molar-refractivity contribution is 0.780. The summed E-state index contributed by atoms with van der Waals surface area (Å²) in [5.74, 6) is 0.610. The second kappa shape index (κ2) is 7.32. The summed E-state index contributed by atoms with van der Waals surface area (Å²) in [5, 5.41) is 13.0. The molecule has 31 heavy (non-hydrogen) atoms. The third-order valence-corrected chi connectivity index (χ3v) is 4.98. The van der Waals surface area contributed by atoms with Gasteiger partial charge in [-0.15, -0.1) is 0 Å². The van der Waals surface area contributed by atoms with Crippen LogP contribution < -0.4 is 10.9 Å². The summed E-state index contributed by atoms with van der Waals surface area (Å²) in [6, 6.07) is 12.1. The number of hydrogen-bond acceptors (Lipinski definition) is 6. The fourth-order valence-electron chi connectivity index (χ4n) is 3.60. The van der Waals surface area contributed by atoms with E-state index < -0.39 is 6.85 Å². The average molecular weight is 414 g/mol. The van der Waals surface area contributed by atoms with Crippen molar-refractivity contribution < 1.29 is 4.11 Å². The summed E-state index contributed by atoms with van der Waals surface area (Å²) >= 11 is 0. The summed E-state index contributed by atoms with van der Waals surface area (Å²) in [6.45, 7) is 0.280. The second-order valence-electron chi connectivity index (χ2n) is 7.16. The Morgan fingerprint density at radius 2 is 1.97 bits per heavy atom. The third-order valence-electron chi connectivity index (χ3n) is 4.98. The second-order valence-corrected chi connectivity index (χ2v) is 7.16. The molecule has 0 saturated carbocycles. The zero-order valence-electron chi connectivity index (χ0n) is 20.0. The van der Waals surface area contributed by atoms with Crippen LogP contribution in [0.15, 0.2) is 59.7 Å². The Kier molecular flexibility index (Phi) is 3.71. The van der Waals surface area contributed by atoms with E-state index in [4.69, 9.17) is 4.11 Å². The number of nitrogens with one attached hydrogen (secondary N) is 1. The van der Waals surface area contributed by atoms with Crippen LogP contribution in [0.25, 0.3) is 38.8 Å². The molecule has 0 unspecified atom stereocenters. The van der Waals surface area contributed by atoms with Gasteiger partial charge in [0.25, 0.3) is 5.56 Å². The van der Waals surface area contributed by atoms with E-state index in [1.54, 1.807) is 28.9 Å². The Morgan fingerprint density at radius 3 is 2.74 bits per heavy atom. The van der Waals surface area contributed by atoms with Crippen LogP contribution in [0.3, 0.4) is 0 Å². The van der Waals surface area contributed by atoms with Crippen molar-refractivity contribution in [1.82, 2.24) is 29.5 Å². The predicted molar refractivity (Wildman–Crippen MR) is 122 cm³/mol. The summed E-state index contributed by atoms with van der Waals surface area (Å²) in [7, 11) is 1.84. The van der Waals surface area contributed by atoms with Gasteiger partial charge in [0.1, 0.15) is 16.9 Å². The molecule has 4 heterocycles. The van der Waals surface area contributed by atoms with Gasteiger partial charge >= 0.3 is 0 Å². The molecule has 1 N–H and O–H groups in total. The SMILES string of the molecule is [2H]C([2H])([2H])c1ccc(-c2c(=O)n(-c3ccc4nn(C)cc4c3)nc3ccc(NCC)nc23)cn1. The number of benzene rings is 1. The van der Waals surface area contributed by atoms with E-state index >= 15 is 0 Å². The van der Waals surface area contributed by atoms with Gasteiger partial charge in [0.2, 0.25) is 0 Å². The van der Waals surface area contributed by atoms with Gasteiger partial charge in [0.05, 0.1) is 16.8 Å². The molecule has 154 valence electrons. The molecule has 0 bridgehead atoms. The number of hydrogen-bond donors (Lipinski definition) is 1. The van der Waals surface area contributed by atoms with Crippen molar-refractivity contribution in [3.8, 4) is 16.8 Å². The van der Waals surface area contributed by atoms with Gasteiger partial charge in [-0.25, -0.2) is 4.98 Å². The van der Waals surface area contributed by atoms with E-state index in [-0.39, 0.29) is 11.3 Å². The van der Waals surface area contributed by atoms with Crippen molar-refractivity contribution >= 4 is 27.8 Å². The van der Waals surface area contributed by atoms with Crippen LogP contribution in [-0.2, 0) is 7.05 Å². The van der Waals surface area contributed by atoms with Crippen molar-refractivity contribution in [2.75, 3.05) is 11.9 Å². The molecule has 1 aromatic carbocycles. The lowest BCUT2D eigenvalue weighted by Crippen LogP contribution is -2.23. The molecular weight excluding hydrogens is 390 g/mol. The largest absolute Gasteiger partial charge is 0.370 e. The molecule has 0 atom stereocenters. The molecule has 0 fully saturated rings. The van der Waals surface area contributed by atoms with E-state index in [0.29, 0.717) is 40.2 Å². The molecule has 0 radical (unpaired) electrons. The van der Waals surface area contributed by atoms with Gasteiger partial charge in [-0.05, 0) is 50.2 Å². The summed E-state index contributed by atoms with van der Waals surface area (Å²) in [6.07, 6.45) is 3.27. The van der Waals surface area contributed by atoms with E-state index in [0.717, 1.165) is 10.9 Å². The minimum absolute atomic E-state index is 0.0433. The van der Waals surface area contributed by atoms with Gasteiger partial charge in [-0.3, -0.25) is 14.5 Å². The number of pyridine rings is 2. The highest BCUT2D eigenvalue weighted by molar-refractivity contribution is 5.91. The van der Waals surface area contributed by atoms with Crippen LogP contribution in [0, 0.1) is 6.85 Å². The van der Waals surface area contributed by atoms with Gasteiger partial charge < -0.3 is 5.32 Å². The molecule has 0 spiro atoms. The lowest BCUT2D eigenvalue weighted by Gasteiger charge is -2.12. The Morgan fingerprint density at radius 1 is 1.10 bits per heavy atom. The van der Waals surface area contributed by atoms with Crippen LogP contribution in [0.5, 0.6) is 0 Å². The van der Waals surface area contributed by atoms with Crippen molar-refractivity contribution in [2.45, 2.75) is 13.8 Å². The van der Waals surface area contributed by atoms with Gasteiger partial charge in [-0.1, -0.05) is 6.07 Å². The minimum Gasteiger partial charge on any atom is -0.370 e. The van der Waals surface area contributed by atoms with E-state index in [9.17, 15) is 4.79 Å². The van der Waals surface area contributed by atoms with Crippen LogP contribution in [0.4, 0.5) is 5.82 Å². The fraction of sp³-hybridized carbons (Fsp3) is 0.174. The maximum atomic E-state index is 13.8. The molecule has 8 nitrogen and oxygen atoms in total. The highest BCUT2D eigenvalue weighted by Crippen LogP contribution is 2.25. The molecule has 0 saturated heterocycles. The zero-order chi connectivity index (χ0) is 24.0. The first-order chi connectivity index (χ1) is 16.2. The fourth-order valence-corrected chi connectivity index (χ4v) is 3.60. The Hall–Kier alpha value is -4.07. The first-order valence-corrected chi connectivity index (χ1v) is 9.83. The van der Waals surface area contributed by atoms with Crippen LogP contribution in [0.2, 0.25) is 0 Å². The van der Waals surface area contributed by atoms with E-state index in [1.807, 2.05) is 32.3 Å². The number of anilines is 1. The number of fused-ring (bicyclic) bond motifs is 2. The third kappa shape index (κ3) is 3.31. The van der Waals surface area contributed by atoms with Crippen LogP contribution >= 0.6 is 0 Å². The lowest BCUT2D eigenvalue weighted by atomic mass is 10.1. The Labute approximate surface area is 182 Å². The summed E-state index contributed by atoms with van der Waals surface area (Å²) < 4.78 is 25.8. The predicted octanol–water partition coefficient (Wildman–Crippen LogP) is 3.47. The average Bonchev–Trinajstić information content (AvgIpc) is 3.17. The Bertz CT molecular complexity index is 1590. The van der Waals surface area contributed by atoms with Gasteiger partial charge in [-0.2, -0.15) is 14.9 Å². The topological polar surface area (TPSA) is 90.5 Å². The smallest absolute Gasteiger partial charge is 0.281 e. The van der Waals surface area contributed by atoms with Crippen molar-refractivity contribution in [2.24, 2.45) is 7.05 Å². The van der Waals surface area contributed by atoms with Crippen molar-refractivity contribution in [3.05, 3.63) is 70.9 Å². The van der Waals surface area contributed by atoms with E-state index in [2.05, 4.69) is 25.5 Å². The molecule has 0 aliphatic rings. The standard InChI is InChI=1S/C23H21N7O/c1-4-24-20-10-9-19-22(26-20)21(15-6-5-14(2)25-12-15)23(31)30(28-19)17-7-8-18-16(11-17)13-29(3)27-18/h5-13H,4H2,1-3H3,(H,24,26)/i2D3. The summed E-state index contributed by atoms with van der Waals surface area (Å²) in [4.78, 5) is 22.5. The highest BCUT2D eigenvalue weighted by Gasteiger charge is 2.17. The van der Waals surface area contributed by atoms with Crippen molar-refractivity contribution in [3.63, 3.8) is 0 Å². The zero-order valence-corrected chi connectivity index (χ0v) is 17.0. The van der Waals surface area contributed by atoms with Gasteiger partial charge in [0, 0.05) is 46.7 Å². The first-order valence-electron chi connectivity index (χ1n) is 11.3. The Balaban J connectivity index is 1.77. The molecule has 0 amide bonds. The van der Waals surface area contributed by atoms with E-state index in [1.165, 1.54) is 16.9 Å². The number of aromatic nitrogens is 6. The molecule has 8 heteroatoms. The van der Waals surface area contributed by atoms with Crippen molar-refractivity contribution in [1.29, 1.82) is 0 Å². The molecule has 4 aromatic heterocycles. The normalized spacial score (nSPS) is 13.2. The summed E-state index contributed by atoms with van der Waals surface area (Å²) in [5.41, 5.74) is 2.63. The number of aryl methyl sites for hydroxylation is 2. The first kappa shape index (κ1) is 15.7. The molecule has 5 aromatic rings.